The summed E-state index contributed by atoms with van der Waals surface area (Å²) in [5.74, 6) is 0. The SMILES string of the molecule is CNC(C)CCCN1CCCc2ccccc21. The quantitative estimate of drug-likeness (QED) is 0.840. The lowest BCUT2D eigenvalue weighted by Gasteiger charge is -2.31. The molecule has 1 aromatic carbocycles. The van der Waals surface area contributed by atoms with Crippen molar-refractivity contribution in [2.24, 2.45) is 0 Å². The summed E-state index contributed by atoms with van der Waals surface area (Å²) < 4.78 is 0. The summed E-state index contributed by atoms with van der Waals surface area (Å²) in [5, 5.41) is 3.30. The molecule has 0 radical (unpaired) electrons. The zero-order valence-corrected chi connectivity index (χ0v) is 11.1. The van der Waals surface area contributed by atoms with Crippen LogP contribution in [0.4, 0.5) is 5.69 Å². The maximum atomic E-state index is 3.30. The predicted octanol–water partition coefficient (Wildman–Crippen LogP) is 2.83. The molecule has 1 aliphatic heterocycles. The van der Waals surface area contributed by atoms with Crippen molar-refractivity contribution < 1.29 is 0 Å². The molecule has 1 aromatic rings. The van der Waals surface area contributed by atoms with Gasteiger partial charge in [0.15, 0.2) is 0 Å². The molecule has 1 atom stereocenters. The third kappa shape index (κ3) is 3.22. The first-order chi connectivity index (χ1) is 8.31. The molecule has 0 saturated carbocycles. The highest BCUT2D eigenvalue weighted by Crippen LogP contribution is 2.26. The van der Waals surface area contributed by atoms with Gasteiger partial charge < -0.3 is 10.2 Å². The van der Waals surface area contributed by atoms with E-state index in [2.05, 4.69) is 41.4 Å². The molecule has 94 valence electrons. The Hall–Kier alpha value is -1.02. The van der Waals surface area contributed by atoms with Gasteiger partial charge in [-0.3, -0.25) is 0 Å². The van der Waals surface area contributed by atoms with E-state index in [0.717, 1.165) is 0 Å². The summed E-state index contributed by atoms with van der Waals surface area (Å²) in [6, 6.07) is 9.50. The number of rotatable bonds is 5. The number of aryl methyl sites for hydroxylation is 1. The van der Waals surface area contributed by atoms with Crippen molar-refractivity contribution in [3.63, 3.8) is 0 Å². The molecular weight excluding hydrogens is 208 g/mol. The molecule has 2 heteroatoms. The zero-order chi connectivity index (χ0) is 12.1. The zero-order valence-electron chi connectivity index (χ0n) is 11.1. The van der Waals surface area contributed by atoms with E-state index < -0.39 is 0 Å². The minimum Gasteiger partial charge on any atom is -0.371 e. The van der Waals surface area contributed by atoms with E-state index in [9.17, 15) is 0 Å². The molecule has 0 fully saturated rings. The molecule has 1 N–H and O–H groups in total. The van der Waals surface area contributed by atoms with Crippen LogP contribution in [-0.4, -0.2) is 26.2 Å². The van der Waals surface area contributed by atoms with Gasteiger partial charge in [0.1, 0.15) is 0 Å². The van der Waals surface area contributed by atoms with Gasteiger partial charge in [-0.15, -0.1) is 0 Å². The summed E-state index contributed by atoms with van der Waals surface area (Å²) in [7, 11) is 2.04. The Morgan fingerprint density at radius 1 is 1.35 bits per heavy atom. The van der Waals surface area contributed by atoms with Crippen molar-refractivity contribution in [3.05, 3.63) is 29.8 Å². The molecular formula is C15H24N2. The number of nitrogens with zero attached hydrogens (tertiary/aromatic N) is 1. The highest BCUT2D eigenvalue weighted by molar-refractivity contribution is 5.55. The van der Waals surface area contributed by atoms with Gasteiger partial charge >= 0.3 is 0 Å². The number of nitrogens with one attached hydrogen (secondary N) is 1. The second-order valence-corrected chi connectivity index (χ2v) is 5.05. The van der Waals surface area contributed by atoms with Crippen molar-refractivity contribution in [3.8, 4) is 0 Å². The van der Waals surface area contributed by atoms with Gasteiger partial charge in [0, 0.05) is 24.8 Å². The van der Waals surface area contributed by atoms with Crippen molar-refractivity contribution >= 4 is 5.69 Å². The second-order valence-electron chi connectivity index (χ2n) is 5.05. The average Bonchev–Trinajstić information content (AvgIpc) is 2.39. The largest absolute Gasteiger partial charge is 0.371 e. The fraction of sp³-hybridized carbons (Fsp3) is 0.600. The Kier molecular flexibility index (Phi) is 4.43. The Balaban J connectivity index is 1.90. The summed E-state index contributed by atoms with van der Waals surface area (Å²) in [6.45, 7) is 4.68. The topological polar surface area (TPSA) is 15.3 Å². The highest BCUT2D eigenvalue weighted by Gasteiger charge is 2.15. The monoisotopic (exact) mass is 232 g/mol. The van der Waals surface area contributed by atoms with E-state index >= 15 is 0 Å². The van der Waals surface area contributed by atoms with Crippen LogP contribution in [0.25, 0.3) is 0 Å². The van der Waals surface area contributed by atoms with Crippen molar-refractivity contribution in [1.82, 2.24) is 5.32 Å². The molecule has 2 nitrogen and oxygen atoms in total. The summed E-state index contributed by atoms with van der Waals surface area (Å²) in [5.41, 5.74) is 3.00. The molecule has 1 unspecified atom stereocenters. The van der Waals surface area contributed by atoms with E-state index in [0.29, 0.717) is 6.04 Å². The van der Waals surface area contributed by atoms with E-state index in [1.165, 1.54) is 50.0 Å². The third-order valence-electron chi connectivity index (χ3n) is 3.76. The molecule has 17 heavy (non-hydrogen) atoms. The Morgan fingerprint density at radius 3 is 3.00 bits per heavy atom. The third-order valence-corrected chi connectivity index (χ3v) is 3.76. The number of anilines is 1. The normalized spacial score (nSPS) is 16.7. The van der Waals surface area contributed by atoms with Crippen LogP contribution in [-0.2, 0) is 6.42 Å². The van der Waals surface area contributed by atoms with E-state index in [-0.39, 0.29) is 0 Å². The Bertz CT molecular complexity index is 349. The van der Waals surface area contributed by atoms with E-state index in [1.54, 1.807) is 0 Å². The molecule has 0 spiro atoms. The minimum absolute atomic E-state index is 0.634. The van der Waals surface area contributed by atoms with Crippen LogP contribution in [0.2, 0.25) is 0 Å². The lowest BCUT2D eigenvalue weighted by Crippen LogP contribution is -2.31. The summed E-state index contributed by atoms with van der Waals surface area (Å²) in [6.07, 6.45) is 5.09. The van der Waals surface area contributed by atoms with Gasteiger partial charge in [-0.2, -0.15) is 0 Å². The molecule has 2 rings (SSSR count). The van der Waals surface area contributed by atoms with Crippen LogP contribution < -0.4 is 10.2 Å². The number of para-hydroxylation sites is 1. The smallest absolute Gasteiger partial charge is 0.0398 e. The van der Waals surface area contributed by atoms with Crippen LogP contribution in [0.1, 0.15) is 31.7 Å². The first-order valence-corrected chi connectivity index (χ1v) is 6.81. The summed E-state index contributed by atoms with van der Waals surface area (Å²) >= 11 is 0. The van der Waals surface area contributed by atoms with Crippen LogP contribution in [0, 0.1) is 0 Å². The fourth-order valence-electron chi connectivity index (χ4n) is 2.58. The minimum atomic E-state index is 0.634. The van der Waals surface area contributed by atoms with Gasteiger partial charge in [-0.05, 0) is 51.3 Å². The summed E-state index contributed by atoms with van der Waals surface area (Å²) in [4.78, 5) is 2.56. The van der Waals surface area contributed by atoms with E-state index in [1.807, 2.05) is 7.05 Å². The van der Waals surface area contributed by atoms with Gasteiger partial charge in [-0.25, -0.2) is 0 Å². The van der Waals surface area contributed by atoms with E-state index in [4.69, 9.17) is 0 Å². The van der Waals surface area contributed by atoms with Crippen LogP contribution in [0.5, 0.6) is 0 Å². The van der Waals surface area contributed by atoms with Crippen molar-refractivity contribution in [2.45, 2.75) is 38.6 Å². The standard InChI is InChI=1S/C15H24N2/c1-13(16-2)7-5-11-17-12-6-9-14-8-3-4-10-15(14)17/h3-4,8,10,13,16H,5-7,9,11-12H2,1-2H3. The lowest BCUT2D eigenvalue weighted by atomic mass is 10.0. The van der Waals surface area contributed by atoms with Crippen molar-refractivity contribution in [2.75, 3.05) is 25.0 Å². The van der Waals surface area contributed by atoms with Gasteiger partial charge in [0.05, 0.1) is 0 Å². The van der Waals surface area contributed by atoms with Crippen LogP contribution in [0.3, 0.4) is 0 Å². The molecule has 0 bridgehead atoms. The highest BCUT2D eigenvalue weighted by atomic mass is 15.1. The van der Waals surface area contributed by atoms with Crippen LogP contribution >= 0.6 is 0 Å². The predicted molar refractivity (Wildman–Crippen MR) is 74.7 cm³/mol. The molecule has 0 aromatic heterocycles. The fourth-order valence-corrected chi connectivity index (χ4v) is 2.58. The first kappa shape index (κ1) is 12.4. The average molecular weight is 232 g/mol. The maximum Gasteiger partial charge on any atom is 0.0398 e. The number of benzene rings is 1. The first-order valence-electron chi connectivity index (χ1n) is 6.81. The molecule has 1 heterocycles. The maximum absolute atomic E-state index is 3.30. The number of hydrogen-bond donors (Lipinski definition) is 1. The van der Waals surface area contributed by atoms with Crippen LogP contribution in [0.15, 0.2) is 24.3 Å². The molecule has 0 aliphatic carbocycles. The Morgan fingerprint density at radius 2 is 2.18 bits per heavy atom. The van der Waals surface area contributed by atoms with Gasteiger partial charge in [0.25, 0.3) is 0 Å². The Labute approximate surface area is 105 Å². The number of hydrogen-bond acceptors (Lipinski definition) is 2. The molecule has 0 amide bonds. The van der Waals surface area contributed by atoms with Gasteiger partial charge in [-0.1, -0.05) is 18.2 Å². The van der Waals surface area contributed by atoms with Crippen molar-refractivity contribution in [1.29, 1.82) is 0 Å². The number of fused-ring (bicyclic) bond motifs is 1. The second kappa shape index (κ2) is 6.06. The van der Waals surface area contributed by atoms with Gasteiger partial charge in [0.2, 0.25) is 0 Å². The molecule has 0 saturated heterocycles. The lowest BCUT2D eigenvalue weighted by molar-refractivity contribution is 0.533. The molecule has 1 aliphatic rings.